The van der Waals surface area contributed by atoms with Crippen molar-refractivity contribution in [2.24, 2.45) is 0 Å². The quantitative estimate of drug-likeness (QED) is 0.255. The highest BCUT2D eigenvalue weighted by molar-refractivity contribution is 6.31. The third-order valence-corrected chi connectivity index (χ3v) is 6.66. The van der Waals surface area contributed by atoms with Crippen molar-refractivity contribution >= 4 is 40.1 Å². The van der Waals surface area contributed by atoms with E-state index < -0.39 is 0 Å². The number of aromatic nitrogens is 3. The summed E-state index contributed by atoms with van der Waals surface area (Å²) in [6.45, 7) is 2.68. The molecule has 1 amide bonds. The van der Waals surface area contributed by atoms with Gasteiger partial charge in [-0.3, -0.25) is 14.3 Å². The molecule has 0 bridgehead atoms. The fourth-order valence-corrected chi connectivity index (χ4v) is 4.57. The monoisotopic (exact) mass is 500 g/mol. The Morgan fingerprint density at radius 1 is 0.857 bits per heavy atom. The van der Waals surface area contributed by atoms with E-state index in [0.29, 0.717) is 28.7 Å². The minimum Gasteiger partial charge on any atom is -0.330 e. The molecule has 0 N–H and O–H groups in total. The number of rotatable bonds is 6. The van der Waals surface area contributed by atoms with Crippen molar-refractivity contribution in [3.05, 3.63) is 124 Å². The molecule has 0 atom stereocenters. The summed E-state index contributed by atoms with van der Waals surface area (Å²) in [5.74, 6) is 0.749. The summed E-state index contributed by atoms with van der Waals surface area (Å²) in [4.78, 5) is 24.2. The standard InChI is InChI=1S/C28H22Cl2N4O/c1-19-32-26-16-31-15-14-27(26)34(19)23-12-10-20(11-13-23)28(35)33(17-21-6-2-4-8-24(21)29)18-22-7-3-5-9-25(22)30/h2-16H,17-18H2,1H3. The molecule has 0 saturated carbocycles. The van der Waals surface area contributed by atoms with Crippen LogP contribution in [0, 0.1) is 6.92 Å². The van der Waals surface area contributed by atoms with Crippen molar-refractivity contribution in [2.75, 3.05) is 0 Å². The van der Waals surface area contributed by atoms with Gasteiger partial charge in [-0.1, -0.05) is 59.6 Å². The van der Waals surface area contributed by atoms with E-state index >= 15 is 0 Å². The number of nitrogens with zero attached hydrogens (tertiary/aromatic N) is 4. The maximum absolute atomic E-state index is 13.7. The summed E-state index contributed by atoms with van der Waals surface area (Å²) in [7, 11) is 0. The number of imidazole rings is 1. The maximum Gasteiger partial charge on any atom is 0.254 e. The average Bonchev–Trinajstić information content (AvgIpc) is 3.21. The lowest BCUT2D eigenvalue weighted by atomic mass is 10.1. The molecule has 5 rings (SSSR count). The van der Waals surface area contributed by atoms with Gasteiger partial charge in [0, 0.05) is 40.6 Å². The fourth-order valence-electron chi connectivity index (χ4n) is 4.18. The van der Waals surface area contributed by atoms with E-state index in [1.165, 1.54) is 0 Å². The molecule has 0 spiro atoms. The first-order valence-corrected chi connectivity index (χ1v) is 11.9. The zero-order chi connectivity index (χ0) is 24.4. The molecule has 0 aliphatic carbocycles. The van der Waals surface area contributed by atoms with Crippen LogP contribution in [0.2, 0.25) is 10.0 Å². The summed E-state index contributed by atoms with van der Waals surface area (Å²) in [6, 6.07) is 24.6. The first-order valence-electron chi connectivity index (χ1n) is 11.2. The van der Waals surface area contributed by atoms with Gasteiger partial charge in [-0.15, -0.1) is 0 Å². The van der Waals surface area contributed by atoms with Crippen LogP contribution < -0.4 is 0 Å². The molecule has 0 fully saturated rings. The molecule has 7 heteroatoms. The third kappa shape index (κ3) is 4.78. The predicted molar refractivity (Wildman–Crippen MR) is 140 cm³/mol. The summed E-state index contributed by atoms with van der Waals surface area (Å²) < 4.78 is 2.05. The highest BCUT2D eigenvalue weighted by atomic mass is 35.5. The number of aryl methyl sites for hydroxylation is 1. The van der Waals surface area contributed by atoms with Gasteiger partial charge in [0.05, 0.1) is 11.7 Å². The average molecular weight is 501 g/mol. The van der Waals surface area contributed by atoms with E-state index in [1.54, 1.807) is 17.3 Å². The lowest BCUT2D eigenvalue weighted by molar-refractivity contribution is 0.0730. The first-order chi connectivity index (χ1) is 17.0. The van der Waals surface area contributed by atoms with Gasteiger partial charge in [-0.2, -0.15) is 0 Å². The molecule has 35 heavy (non-hydrogen) atoms. The Hall–Kier alpha value is -3.67. The number of amides is 1. The number of hydrogen-bond acceptors (Lipinski definition) is 3. The van der Waals surface area contributed by atoms with Crippen LogP contribution >= 0.6 is 23.2 Å². The highest BCUT2D eigenvalue weighted by Crippen LogP contribution is 2.25. The van der Waals surface area contributed by atoms with Gasteiger partial charge in [-0.25, -0.2) is 4.98 Å². The Balaban J connectivity index is 1.47. The minimum atomic E-state index is -0.104. The largest absolute Gasteiger partial charge is 0.330 e. The molecule has 2 heterocycles. The van der Waals surface area contributed by atoms with Crippen molar-refractivity contribution in [1.29, 1.82) is 0 Å². The Labute approximate surface area is 213 Å². The van der Waals surface area contributed by atoms with Gasteiger partial charge >= 0.3 is 0 Å². The fraction of sp³-hybridized carbons (Fsp3) is 0.107. The molecule has 3 aromatic carbocycles. The van der Waals surface area contributed by atoms with Crippen LogP contribution in [-0.2, 0) is 13.1 Å². The summed E-state index contributed by atoms with van der Waals surface area (Å²) in [5.41, 5.74) is 5.06. The summed E-state index contributed by atoms with van der Waals surface area (Å²) in [5, 5.41) is 1.24. The SMILES string of the molecule is Cc1nc2cnccc2n1-c1ccc(C(=O)N(Cc2ccccc2Cl)Cc2ccccc2Cl)cc1. The molecule has 0 radical (unpaired) electrons. The molecule has 0 aliphatic heterocycles. The van der Waals surface area contributed by atoms with Crippen molar-refractivity contribution in [1.82, 2.24) is 19.4 Å². The third-order valence-electron chi connectivity index (χ3n) is 5.92. The molecule has 174 valence electrons. The highest BCUT2D eigenvalue weighted by Gasteiger charge is 2.19. The van der Waals surface area contributed by atoms with Crippen molar-refractivity contribution < 1.29 is 4.79 Å². The number of hydrogen-bond donors (Lipinski definition) is 0. The second-order valence-corrected chi connectivity index (χ2v) is 9.06. The predicted octanol–water partition coefficient (Wildman–Crippen LogP) is 6.88. The van der Waals surface area contributed by atoms with Crippen LogP contribution in [0.15, 0.2) is 91.3 Å². The van der Waals surface area contributed by atoms with Crippen LogP contribution in [0.4, 0.5) is 0 Å². The lowest BCUT2D eigenvalue weighted by Crippen LogP contribution is -2.30. The van der Waals surface area contributed by atoms with E-state index in [2.05, 4.69) is 14.5 Å². The molecule has 0 aliphatic rings. The van der Waals surface area contributed by atoms with E-state index in [-0.39, 0.29) is 5.91 Å². The smallest absolute Gasteiger partial charge is 0.254 e. The summed E-state index contributed by atoms with van der Waals surface area (Å²) >= 11 is 12.8. The van der Waals surface area contributed by atoms with Gasteiger partial charge in [0.25, 0.3) is 5.91 Å². The number of carbonyl (C=O) groups is 1. The molecule has 0 unspecified atom stereocenters. The molecule has 2 aromatic heterocycles. The zero-order valence-electron chi connectivity index (χ0n) is 19.0. The van der Waals surface area contributed by atoms with Crippen LogP contribution in [-0.4, -0.2) is 25.3 Å². The summed E-state index contributed by atoms with van der Waals surface area (Å²) in [6.07, 6.45) is 3.50. The number of pyridine rings is 1. The Bertz CT molecular complexity index is 1460. The Morgan fingerprint density at radius 2 is 1.46 bits per heavy atom. The van der Waals surface area contributed by atoms with Gasteiger partial charge in [0.15, 0.2) is 0 Å². The van der Waals surface area contributed by atoms with Crippen molar-refractivity contribution in [3.8, 4) is 5.69 Å². The van der Waals surface area contributed by atoms with E-state index in [9.17, 15) is 4.79 Å². The number of halogens is 2. The minimum absolute atomic E-state index is 0.104. The Morgan fingerprint density at radius 3 is 2.06 bits per heavy atom. The molecule has 5 aromatic rings. The van der Waals surface area contributed by atoms with E-state index in [0.717, 1.165) is 33.7 Å². The van der Waals surface area contributed by atoms with Crippen LogP contribution in [0.1, 0.15) is 27.3 Å². The topological polar surface area (TPSA) is 51.0 Å². The second-order valence-electron chi connectivity index (χ2n) is 8.25. The van der Waals surface area contributed by atoms with Gasteiger partial charge < -0.3 is 4.90 Å². The van der Waals surface area contributed by atoms with Crippen LogP contribution in [0.3, 0.4) is 0 Å². The lowest BCUT2D eigenvalue weighted by Gasteiger charge is -2.24. The normalized spacial score (nSPS) is 11.1. The molecule has 5 nitrogen and oxygen atoms in total. The van der Waals surface area contributed by atoms with E-state index in [1.807, 2.05) is 85.8 Å². The van der Waals surface area contributed by atoms with Crippen LogP contribution in [0.25, 0.3) is 16.7 Å². The van der Waals surface area contributed by atoms with E-state index in [4.69, 9.17) is 23.2 Å². The number of benzene rings is 3. The number of fused-ring (bicyclic) bond motifs is 1. The zero-order valence-corrected chi connectivity index (χ0v) is 20.5. The molecule has 0 saturated heterocycles. The van der Waals surface area contributed by atoms with Crippen molar-refractivity contribution in [2.45, 2.75) is 20.0 Å². The molecular formula is C28H22Cl2N4O. The van der Waals surface area contributed by atoms with Crippen LogP contribution in [0.5, 0.6) is 0 Å². The maximum atomic E-state index is 13.7. The Kier molecular flexibility index (Phi) is 6.53. The number of carbonyl (C=O) groups excluding carboxylic acids is 1. The van der Waals surface area contributed by atoms with Gasteiger partial charge in [0.2, 0.25) is 0 Å². The molecular weight excluding hydrogens is 479 g/mol. The van der Waals surface area contributed by atoms with Gasteiger partial charge in [-0.05, 0) is 60.5 Å². The second kappa shape index (κ2) is 9.90. The van der Waals surface area contributed by atoms with Gasteiger partial charge in [0.1, 0.15) is 11.3 Å². The first kappa shape index (κ1) is 23.1. The van der Waals surface area contributed by atoms with Crippen molar-refractivity contribution in [3.63, 3.8) is 0 Å².